The van der Waals surface area contributed by atoms with Gasteiger partial charge in [0.15, 0.2) is 0 Å². The van der Waals surface area contributed by atoms with E-state index in [2.05, 4.69) is 10.0 Å². The maximum Gasteiger partial charge on any atom is 0.325 e. The highest BCUT2D eigenvalue weighted by atomic mass is 35.5. The number of hydrogen-bond donors (Lipinski definition) is 4. The average molecular weight is 521 g/mol. The lowest BCUT2D eigenvalue weighted by molar-refractivity contribution is -0.140. The van der Waals surface area contributed by atoms with Crippen molar-refractivity contribution in [3.05, 3.63) is 76.8 Å². The molecule has 1 unspecified atom stereocenters. The maximum atomic E-state index is 13.1. The van der Waals surface area contributed by atoms with Crippen molar-refractivity contribution in [1.29, 1.82) is 0 Å². The fourth-order valence-electron chi connectivity index (χ4n) is 3.75. The number of carbonyl (C=O) groups excluding carboxylic acids is 1. The van der Waals surface area contributed by atoms with Crippen LogP contribution in [0.5, 0.6) is 0 Å². The third-order valence-corrected chi connectivity index (χ3v) is 8.97. The standard InChI is InChI=1S/C23H21ClN2O6S2/c24-17-6-4-14(5-7-17)19-8-9-20(33-19)34(31,32)26-23(22(29)30)13-18(23)15-2-1-3-16(12-15)21(28)25-10-11-27/h1-9,12,18,26-27H,10-11,13H2,(H,25,28)(H,29,30)/t18-,23?/m0/s1. The predicted molar refractivity (Wildman–Crippen MR) is 129 cm³/mol. The van der Waals surface area contributed by atoms with Crippen LogP contribution in [0, 0.1) is 0 Å². The maximum absolute atomic E-state index is 13.1. The molecule has 1 fully saturated rings. The quantitative estimate of drug-likeness (QED) is 0.343. The zero-order valence-electron chi connectivity index (χ0n) is 17.7. The van der Waals surface area contributed by atoms with Crippen LogP contribution in [0.15, 0.2) is 64.9 Å². The van der Waals surface area contributed by atoms with Crippen molar-refractivity contribution in [2.45, 2.75) is 22.1 Å². The van der Waals surface area contributed by atoms with Gasteiger partial charge in [0, 0.05) is 27.9 Å². The molecule has 0 bridgehead atoms. The summed E-state index contributed by atoms with van der Waals surface area (Å²) in [7, 11) is -4.12. The van der Waals surface area contributed by atoms with Crippen LogP contribution in [0.1, 0.15) is 28.3 Å². The number of carboxylic acids is 1. The van der Waals surface area contributed by atoms with Gasteiger partial charge >= 0.3 is 5.97 Å². The normalized spacial score (nSPS) is 19.5. The molecule has 1 saturated carbocycles. The summed E-state index contributed by atoms with van der Waals surface area (Å²) < 4.78 is 28.6. The number of halogens is 1. The second-order valence-corrected chi connectivity index (χ2v) is 11.3. The highest BCUT2D eigenvalue weighted by molar-refractivity contribution is 7.91. The number of carboxylic acid groups (broad SMARTS) is 1. The van der Waals surface area contributed by atoms with E-state index in [1.54, 1.807) is 54.6 Å². The Bertz CT molecular complexity index is 1340. The zero-order chi connectivity index (χ0) is 24.5. The first-order valence-electron chi connectivity index (χ1n) is 10.3. The van der Waals surface area contributed by atoms with Gasteiger partial charge in [-0.2, -0.15) is 4.72 Å². The number of sulfonamides is 1. The van der Waals surface area contributed by atoms with Gasteiger partial charge in [0.1, 0.15) is 9.75 Å². The molecule has 1 aliphatic rings. The zero-order valence-corrected chi connectivity index (χ0v) is 20.1. The first-order chi connectivity index (χ1) is 16.2. The number of carbonyl (C=O) groups is 2. The smallest absolute Gasteiger partial charge is 0.325 e. The van der Waals surface area contributed by atoms with Crippen molar-refractivity contribution in [2.24, 2.45) is 0 Å². The molecule has 8 nitrogen and oxygen atoms in total. The molecule has 0 spiro atoms. The Morgan fingerprint density at radius 3 is 2.53 bits per heavy atom. The molecular formula is C23H21ClN2O6S2. The van der Waals surface area contributed by atoms with Crippen molar-refractivity contribution in [1.82, 2.24) is 10.0 Å². The molecule has 4 N–H and O–H groups in total. The minimum Gasteiger partial charge on any atom is -0.480 e. The summed E-state index contributed by atoms with van der Waals surface area (Å²) in [6, 6.07) is 16.4. The molecule has 34 heavy (non-hydrogen) atoms. The number of thiophene rings is 1. The summed E-state index contributed by atoms with van der Waals surface area (Å²) in [5.41, 5.74) is -0.0752. The molecule has 2 aromatic carbocycles. The molecule has 1 aliphatic carbocycles. The minimum absolute atomic E-state index is 0.000793. The lowest BCUT2D eigenvalue weighted by atomic mass is 10.0. The molecule has 178 valence electrons. The molecule has 4 rings (SSSR count). The Morgan fingerprint density at radius 1 is 1.12 bits per heavy atom. The Morgan fingerprint density at radius 2 is 1.85 bits per heavy atom. The van der Waals surface area contributed by atoms with Crippen LogP contribution < -0.4 is 10.0 Å². The first-order valence-corrected chi connectivity index (χ1v) is 13.0. The lowest BCUT2D eigenvalue weighted by Crippen LogP contribution is -2.44. The number of rotatable bonds is 9. The number of nitrogens with one attached hydrogen (secondary N) is 2. The van der Waals surface area contributed by atoms with Crippen LogP contribution in [0.4, 0.5) is 0 Å². The molecular weight excluding hydrogens is 500 g/mol. The van der Waals surface area contributed by atoms with Gasteiger partial charge in [0.25, 0.3) is 15.9 Å². The van der Waals surface area contributed by atoms with E-state index >= 15 is 0 Å². The van der Waals surface area contributed by atoms with Crippen LogP contribution in [0.2, 0.25) is 5.02 Å². The van der Waals surface area contributed by atoms with Gasteiger partial charge in [0.2, 0.25) is 0 Å². The SMILES string of the molecule is O=C(NCCO)c1cccc([C@@H]2CC2(NS(=O)(=O)c2ccc(-c3ccc(Cl)cc3)s2)C(=O)O)c1. The first kappa shape index (κ1) is 24.4. The number of aliphatic carboxylic acids is 1. The second kappa shape index (κ2) is 9.47. The van der Waals surface area contributed by atoms with Gasteiger partial charge in [-0.15, -0.1) is 11.3 Å². The summed E-state index contributed by atoms with van der Waals surface area (Å²) >= 11 is 6.94. The van der Waals surface area contributed by atoms with E-state index in [1.807, 2.05) is 0 Å². The van der Waals surface area contributed by atoms with Gasteiger partial charge in [-0.1, -0.05) is 35.9 Å². The summed E-state index contributed by atoms with van der Waals surface area (Å²) in [5.74, 6) is -2.34. The molecule has 3 aromatic rings. The van der Waals surface area contributed by atoms with E-state index < -0.39 is 33.4 Å². The number of amides is 1. The van der Waals surface area contributed by atoms with Crippen LogP contribution in [-0.4, -0.2) is 49.2 Å². The Hall–Kier alpha value is -2.76. The van der Waals surface area contributed by atoms with E-state index in [9.17, 15) is 23.1 Å². The molecule has 1 amide bonds. The number of aliphatic hydroxyl groups excluding tert-OH is 1. The summed E-state index contributed by atoms with van der Waals surface area (Å²) in [4.78, 5) is 25.0. The van der Waals surface area contributed by atoms with Gasteiger partial charge in [-0.05, 0) is 53.9 Å². The van der Waals surface area contributed by atoms with Crippen LogP contribution in [0.25, 0.3) is 10.4 Å². The van der Waals surface area contributed by atoms with E-state index in [4.69, 9.17) is 16.7 Å². The van der Waals surface area contributed by atoms with E-state index in [0.29, 0.717) is 21.0 Å². The number of benzene rings is 2. The van der Waals surface area contributed by atoms with Gasteiger partial charge < -0.3 is 15.5 Å². The molecule has 0 aliphatic heterocycles. The number of hydrogen-bond acceptors (Lipinski definition) is 6. The van der Waals surface area contributed by atoms with Crippen molar-refractivity contribution >= 4 is 44.8 Å². The molecule has 0 saturated heterocycles. The predicted octanol–water partition coefficient (Wildman–Crippen LogP) is 3.08. The van der Waals surface area contributed by atoms with Gasteiger partial charge in [-0.25, -0.2) is 8.42 Å². The molecule has 0 radical (unpaired) electrons. The number of aliphatic hydroxyl groups is 1. The highest BCUT2D eigenvalue weighted by Crippen LogP contribution is 2.52. The third-order valence-electron chi connectivity index (χ3n) is 5.58. The summed E-state index contributed by atoms with van der Waals surface area (Å²) in [6.45, 7) is -0.120. The van der Waals surface area contributed by atoms with Gasteiger partial charge in [-0.3, -0.25) is 9.59 Å². The Labute approximate surface area is 205 Å². The van der Waals surface area contributed by atoms with Crippen LogP contribution >= 0.6 is 22.9 Å². The van der Waals surface area contributed by atoms with Gasteiger partial charge in [0.05, 0.1) is 6.61 Å². The largest absolute Gasteiger partial charge is 0.480 e. The third kappa shape index (κ3) is 4.86. The van der Waals surface area contributed by atoms with Crippen molar-refractivity contribution < 1.29 is 28.2 Å². The lowest BCUT2D eigenvalue weighted by Gasteiger charge is -2.15. The summed E-state index contributed by atoms with van der Waals surface area (Å²) in [6.07, 6.45) is 0.0543. The minimum atomic E-state index is -4.12. The van der Waals surface area contributed by atoms with Crippen LogP contribution in [0.3, 0.4) is 0 Å². The summed E-state index contributed by atoms with van der Waals surface area (Å²) in [5, 5.41) is 21.9. The fraction of sp³-hybridized carbons (Fsp3) is 0.217. The molecule has 11 heteroatoms. The van der Waals surface area contributed by atoms with Crippen molar-refractivity contribution in [3.8, 4) is 10.4 Å². The second-order valence-electron chi connectivity index (χ2n) is 7.87. The van der Waals surface area contributed by atoms with Crippen LogP contribution in [-0.2, 0) is 14.8 Å². The van der Waals surface area contributed by atoms with Crippen molar-refractivity contribution in [3.63, 3.8) is 0 Å². The fourth-order valence-corrected chi connectivity index (χ4v) is 6.59. The topological polar surface area (TPSA) is 133 Å². The monoisotopic (exact) mass is 520 g/mol. The Balaban J connectivity index is 1.56. The van der Waals surface area contributed by atoms with E-state index in [1.165, 1.54) is 6.07 Å². The van der Waals surface area contributed by atoms with E-state index in [0.717, 1.165) is 16.9 Å². The highest BCUT2D eigenvalue weighted by Gasteiger charge is 2.63. The molecule has 1 heterocycles. The Kier molecular flexibility index (Phi) is 6.79. The van der Waals surface area contributed by atoms with E-state index in [-0.39, 0.29) is 23.8 Å². The van der Waals surface area contributed by atoms with Crippen molar-refractivity contribution in [2.75, 3.05) is 13.2 Å². The average Bonchev–Trinajstić information content (AvgIpc) is 3.31. The molecule has 1 aromatic heterocycles. The molecule has 2 atom stereocenters.